The lowest BCUT2D eigenvalue weighted by atomic mass is 9.99. The Hall–Kier alpha value is -1.79. The normalized spacial score (nSPS) is 10.4. The summed E-state index contributed by atoms with van der Waals surface area (Å²) in [6, 6.07) is 12.2. The zero-order valence-corrected chi connectivity index (χ0v) is 11.5. The minimum atomic E-state index is 0.477. The molecule has 0 radical (unpaired) electrons. The van der Waals surface area contributed by atoms with E-state index in [1.54, 1.807) is 7.11 Å². The van der Waals surface area contributed by atoms with Gasteiger partial charge in [0, 0.05) is 10.4 Å². The first-order chi connectivity index (χ1) is 8.65. The van der Waals surface area contributed by atoms with Gasteiger partial charge in [0.1, 0.15) is 16.7 Å². The molecule has 1 aromatic carbocycles. The third-order valence-corrected chi connectivity index (χ3v) is 3.90. The Labute approximate surface area is 111 Å². The van der Waals surface area contributed by atoms with Crippen LogP contribution in [0.2, 0.25) is 0 Å². The molecule has 0 bridgehead atoms. The Balaban J connectivity index is 2.53. The third-order valence-electron chi connectivity index (χ3n) is 2.87. The smallest absolute Gasteiger partial charge is 0.127 e. The molecule has 1 heterocycles. The fraction of sp³-hybridized carbons (Fsp3) is 0.267. The standard InChI is InChI=1S/C15H15NOS/c1-10(2)11-4-6-14(17-3)13(8-11)15-7-5-12(9-16)18-15/h4-8,10H,1-3H3. The Morgan fingerprint density at radius 3 is 2.56 bits per heavy atom. The van der Waals surface area contributed by atoms with Crippen molar-refractivity contribution in [2.75, 3.05) is 7.11 Å². The molecule has 0 aliphatic carbocycles. The molecule has 2 rings (SSSR count). The van der Waals surface area contributed by atoms with Gasteiger partial charge in [-0.05, 0) is 35.7 Å². The van der Waals surface area contributed by atoms with Crippen molar-refractivity contribution in [2.45, 2.75) is 19.8 Å². The lowest BCUT2D eigenvalue weighted by molar-refractivity contribution is 0.416. The molecule has 1 aromatic heterocycles. The summed E-state index contributed by atoms with van der Waals surface area (Å²) in [7, 11) is 1.67. The number of hydrogen-bond acceptors (Lipinski definition) is 3. The van der Waals surface area contributed by atoms with E-state index >= 15 is 0 Å². The van der Waals surface area contributed by atoms with Crippen molar-refractivity contribution in [1.82, 2.24) is 0 Å². The van der Waals surface area contributed by atoms with Crippen LogP contribution < -0.4 is 4.74 Å². The van der Waals surface area contributed by atoms with Crippen molar-refractivity contribution < 1.29 is 4.74 Å². The Bertz CT molecular complexity index is 593. The first kappa shape index (κ1) is 12.7. The fourth-order valence-electron chi connectivity index (χ4n) is 1.82. The average Bonchev–Trinajstić information content (AvgIpc) is 2.86. The van der Waals surface area contributed by atoms with Crippen molar-refractivity contribution >= 4 is 11.3 Å². The second kappa shape index (κ2) is 5.24. The van der Waals surface area contributed by atoms with Crippen molar-refractivity contribution in [2.24, 2.45) is 0 Å². The van der Waals surface area contributed by atoms with Gasteiger partial charge in [0.15, 0.2) is 0 Å². The van der Waals surface area contributed by atoms with Crippen LogP contribution in [-0.2, 0) is 0 Å². The first-order valence-corrected chi connectivity index (χ1v) is 6.65. The van der Waals surface area contributed by atoms with Gasteiger partial charge in [0.05, 0.1) is 7.11 Å². The maximum atomic E-state index is 8.90. The number of rotatable bonds is 3. The van der Waals surface area contributed by atoms with Crippen LogP contribution in [-0.4, -0.2) is 7.11 Å². The van der Waals surface area contributed by atoms with Gasteiger partial charge < -0.3 is 4.74 Å². The molecule has 0 atom stereocenters. The van der Waals surface area contributed by atoms with Gasteiger partial charge in [0.25, 0.3) is 0 Å². The Kier molecular flexibility index (Phi) is 3.69. The highest BCUT2D eigenvalue weighted by Gasteiger charge is 2.11. The number of nitrogens with zero attached hydrogens (tertiary/aromatic N) is 1. The number of ether oxygens (including phenoxy) is 1. The van der Waals surface area contributed by atoms with Gasteiger partial charge in [-0.2, -0.15) is 5.26 Å². The van der Waals surface area contributed by atoms with Crippen molar-refractivity contribution in [3.63, 3.8) is 0 Å². The first-order valence-electron chi connectivity index (χ1n) is 5.84. The van der Waals surface area contributed by atoms with Crippen LogP contribution >= 0.6 is 11.3 Å². The minimum Gasteiger partial charge on any atom is -0.496 e. The van der Waals surface area contributed by atoms with E-state index in [0.717, 1.165) is 21.1 Å². The summed E-state index contributed by atoms with van der Waals surface area (Å²) in [5.74, 6) is 1.33. The van der Waals surface area contributed by atoms with E-state index in [0.29, 0.717) is 5.92 Å². The molecular formula is C15H15NOS. The van der Waals surface area contributed by atoms with E-state index in [2.05, 4.69) is 32.0 Å². The summed E-state index contributed by atoms with van der Waals surface area (Å²) < 4.78 is 5.40. The summed E-state index contributed by atoms with van der Waals surface area (Å²) in [6.07, 6.45) is 0. The van der Waals surface area contributed by atoms with Gasteiger partial charge in [-0.15, -0.1) is 11.3 Å². The van der Waals surface area contributed by atoms with Crippen LogP contribution in [0.5, 0.6) is 5.75 Å². The Morgan fingerprint density at radius 2 is 2.00 bits per heavy atom. The SMILES string of the molecule is COc1ccc(C(C)C)cc1-c1ccc(C#N)s1. The molecule has 3 heteroatoms. The van der Waals surface area contributed by atoms with E-state index in [-0.39, 0.29) is 0 Å². The van der Waals surface area contributed by atoms with Crippen LogP contribution in [0.3, 0.4) is 0 Å². The van der Waals surface area contributed by atoms with E-state index < -0.39 is 0 Å². The van der Waals surface area contributed by atoms with Crippen molar-refractivity contribution in [3.8, 4) is 22.3 Å². The predicted molar refractivity (Wildman–Crippen MR) is 75.1 cm³/mol. The molecule has 0 saturated carbocycles. The van der Waals surface area contributed by atoms with Crippen molar-refractivity contribution in [3.05, 3.63) is 40.8 Å². The van der Waals surface area contributed by atoms with Gasteiger partial charge in [-0.1, -0.05) is 19.9 Å². The van der Waals surface area contributed by atoms with E-state index in [1.165, 1.54) is 16.9 Å². The molecule has 0 aliphatic rings. The van der Waals surface area contributed by atoms with Crippen LogP contribution in [0.4, 0.5) is 0 Å². The van der Waals surface area contributed by atoms with Crippen LogP contribution in [0.15, 0.2) is 30.3 Å². The minimum absolute atomic E-state index is 0.477. The number of benzene rings is 1. The molecule has 0 fully saturated rings. The second-order valence-electron chi connectivity index (χ2n) is 4.39. The highest BCUT2D eigenvalue weighted by molar-refractivity contribution is 7.16. The number of hydrogen-bond donors (Lipinski definition) is 0. The highest BCUT2D eigenvalue weighted by atomic mass is 32.1. The molecule has 0 N–H and O–H groups in total. The van der Waals surface area contributed by atoms with Gasteiger partial charge in [0.2, 0.25) is 0 Å². The van der Waals surface area contributed by atoms with Crippen LogP contribution in [0, 0.1) is 11.3 Å². The molecule has 2 nitrogen and oxygen atoms in total. The highest BCUT2D eigenvalue weighted by Crippen LogP contribution is 2.36. The van der Waals surface area contributed by atoms with E-state index in [1.807, 2.05) is 18.2 Å². The lowest BCUT2D eigenvalue weighted by Gasteiger charge is -2.11. The monoisotopic (exact) mass is 257 g/mol. The molecule has 0 saturated heterocycles. The maximum absolute atomic E-state index is 8.90. The average molecular weight is 257 g/mol. The molecule has 0 spiro atoms. The molecule has 0 aliphatic heterocycles. The summed E-state index contributed by atoms with van der Waals surface area (Å²) in [5, 5.41) is 8.90. The summed E-state index contributed by atoms with van der Waals surface area (Å²) in [6.45, 7) is 4.33. The zero-order valence-electron chi connectivity index (χ0n) is 10.7. The van der Waals surface area contributed by atoms with Gasteiger partial charge in [-0.3, -0.25) is 0 Å². The maximum Gasteiger partial charge on any atom is 0.127 e. The second-order valence-corrected chi connectivity index (χ2v) is 5.47. The van der Waals surface area contributed by atoms with Gasteiger partial charge >= 0.3 is 0 Å². The van der Waals surface area contributed by atoms with Crippen LogP contribution in [0.25, 0.3) is 10.4 Å². The molecule has 2 aromatic rings. The third kappa shape index (κ3) is 2.39. The predicted octanol–water partition coefficient (Wildman–Crippen LogP) is 4.42. The summed E-state index contributed by atoms with van der Waals surface area (Å²) >= 11 is 1.49. The molecule has 0 amide bonds. The van der Waals surface area contributed by atoms with E-state index in [9.17, 15) is 0 Å². The number of nitriles is 1. The largest absolute Gasteiger partial charge is 0.496 e. The topological polar surface area (TPSA) is 33.0 Å². The van der Waals surface area contributed by atoms with Crippen LogP contribution in [0.1, 0.15) is 30.2 Å². The van der Waals surface area contributed by atoms with E-state index in [4.69, 9.17) is 10.00 Å². The molecule has 18 heavy (non-hydrogen) atoms. The summed E-state index contributed by atoms with van der Waals surface area (Å²) in [5.41, 5.74) is 2.34. The molecule has 0 unspecified atom stereocenters. The number of methoxy groups -OCH3 is 1. The molecule has 92 valence electrons. The summed E-state index contributed by atoms with van der Waals surface area (Å²) in [4.78, 5) is 1.80. The Morgan fingerprint density at radius 1 is 1.22 bits per heavy atom. The fourth-order valence-corrected chi connectivity index (χ4v) is 2.64. The van der Waals surface area contributed by atoms with Crippen molar-refractivity contribution in [1.29, 1.82) is 5.26 Å². The van der Waals surface area contributed by atoms with Gasteiger partial charge in [-0.25, -0.2) is 0 Å². The quantitative estimate of drug-likeness (QED) is 0.815. The zero-order chi connectivity index (χ0) is 13.1. The lowest BCUT2D eigenvalue weighted by Crippen LogP contribution is -1.91. The molecular weight excluding hydrogens is 242 g/mol. The number of thiophene rings is 1.